The Balaban J connectivity index is 4.06. The number of hydrogen-bond acceptors (Lipinski definition) is 6. The second-order valence-electron chi connectivity index (χ2n) is 22.0. The van der Waals surface area contributed by atoms with E-state index >= 15 is 0 Å². The van der Waals surface area contributed by atoms with Crippen molar-refractivity contribution in [2.45, 2.75) is 297 Å². The van der Waals surface area contributed by atoms with Gasteiger partial charge in [0.15, 0.2) is 6.10 Å². The summed E-state index contributed by atoms with van der Waals surface area (Å²) in [4.78, 5) is 38.0. The van der Waals surface area contributed by atoms with Crippen LogP contribution in [0.1, 0.15) is 290 Å². The number of unbranched alkanes of at least 4 members (excludes halogenated alkanes) is 23. The molecular weight excluding hydrogens is 1020 g/mol. The van der Waals surface area contributed by atoms with Gasteiger partial charge in [-0.25, -0.2) is 0 Å². The van der Waals surface area contributed by atoms with Gasteiger partial charge in [0.1, 0.15) is 13.2 Å². The fourth-order valence-corrected chi connectivity index (χ4v) is 9.01. The highest BCUT2D eigenvalue weighted by Crippen LogP contribution is 2.16. The molecule has 0 rings (SSSR count). The monoisotopic (exact) mass is 1140 g/mol. The van der Waals surface area contributed by atoms with Gasteiger partial charge in [-0.15, -0.1) is 0 Å². The van der Waals surface area contributed by atoms with Crippen LogP contribution >= 0.6 is 0 Å². The third-order valence-corrected chi connectivity index (χ3v) is 14.0. The first kappa shape index (κ1) is 78.0. The zero-order valence-corrected chi connectivity index (χ0v) is 53.7. The highest BCUT2D eigenvalue weighted by Gasteiger charge is 2.19. The van der Waals surface area contributed by atoms with E-state index in [0.29, 0.717) is 12.8 Å². The number of allylic oxidation sites excluding steroid dienone is 26. The van der Waals surface area contributed by atoms with Crippen LogP contribution in [0.4, 0.5) is 0 Å². The van der Waals surface area contributed by atoms with Crippen molar-refractivity contribution in [1.29, 1.82) is 0 Å². The van der Waals surface area contributed by atoms with E-state index in [0.717, 1.165) is 161 Å². The molecule has 0 aromatic heterocycles. The molecule has 0 aliphatic carbocycles. The van der Waals surface area contributed by atoms with Crippen molar-refractivity contribution < 1.29 is 28.6 Å². The van der Waals surface area contributed by atoms with Crippen LogP contribution in [0.2, 0.25) is 0 Å². The van der Waals surface area contributed by atoms with Crippen LogP contribution in [0.3, 0.4) is 0 Å². The van der Waals surface area contributed by atoms with Gasteiger partial charge in [-0.2, -0.15) is 0 Å². The van der Waals surface area contributed by atoms with Gasteiger partial charge in [-0.05, 0) is 128 Å². The molecule has 0 heterocycles. The van der Waals surface area contributed by atoms with Crippen LogP contribution in [-0.4, -0.2) is 37.2 Å². The lowest BCUT2D eigenvalue weighted by atomic mass is 10.0. The molecule has 0 radical (unpaired) electrons. The molecule has 1 atom stereocenters. The number of carbonyl (C=O) groups excluding carboxylic acids is 3. The molecule has 0 aliphatic rings. The van der Waals surface area contributed by atoms with Crippen molar-refractivity contribution in [3.8, 4) is 0 Å². The van der Waals surface area contributed by atoms with Crippen molar-refractivity contribution in [3.05, 3.63) is 158 Å². The second kappa shape index (κ2) is 69.5. The summed E-state index contributed by atoms with van der Waals surface area (Å²) in [5.74, 6) is -0.942. The SMILES string of the molecule is CC/C=C\C/C=C\C/C=C\C/C=C\C/C=C\C/C=C\C/C=C\CCCCCC(=O)OC(COC(=O)CCCCCCC)COC(=O)CCCCCCCCCCCCCCCCCC/C=C\C/C=C\C/C=C\C/C=C\C/C=C\C/C=C\CC. The zero-order chi connectivity index (χ0) is 59.9. The fourth-order valence-electron chi connectivity index (χ4n) is 9.01. The fraction of sp³-hybridized carbons (Fsp3) is 0.623. The molecule has 0 aromatic rings. The molecule has 1 unspecified atom stereocenters. The highest BCUT2D eigenvalue weighted by atomic mass is 16.6. The topological polar surface area (TPSA) is 78.9 Å². The molecule has 83 heavy (non-hydrogen) atoms. The lowest BCUT2D eigenvalue weighted by Crippen LogP contribution is -2.30. The molecule has 0 aromatic carbocycles. The van der Waals surface area contributed by atoms with Crippen molar-refractivity contribution in [2.75, 3.05) is 13.2 Å². The van der Waals surface area contributed by atoms with Gasteiger partial charge in [-0.3, -0.25) is 14.4 Å². The lowest BCUT2D eigenvalue weighted by Gasteiger charge is -2.18. The largest absolute Gasteiger partial charge is 0.462 e. The van der Waals surface area contributed by atoms with Gasteiger partial charge >= 0.3 is 17.9 Å². The molecular formula is C77H124O6. The average molecular weight is 1150 g/mol. The summed E-state index contributed by atoms with van der Waals surface area (Å²) in [6.45, 7) is 6.30. The van der Waals surface area contributed by atoms with Gasteiger partial charge in [0, 0.05) is 19.3 Å². The number of esters is 3. The summed E-state index contributed by atoms with van der Waals surface area (Å²) >= 11 is 0. The minimum Gasteiger partial charge on any atom is -0.462 e. The molecule has 468 valence electrons. The standard InChI is InChI=1S/C77H124O6/c1-4-7-10-13-15-17-19-21-23-25-27-29-31-33-34-35-36-37-38-39-40-41-42-44-45-47-49-51-53-55-57-59-61-64-67-70-76(79)82-73-74(72-81-75(78)69-66-63-12-9-6-3)83-77(80)71-68-65-62-60-58-56-54-52-50-48-46-43-32-30-28-26-24-22-20-18-16-14-11-8-5-2/h7-8,10-11,15-18,21-24,27-30,33-34,36-37,43,46,50,52,56,58,74H,4-6,9,12-14,19-20,25-26,31-32,35,38-42,44-45,47-49,51,53-55,57,59-73H2,1-3H3/b10-7-,11-8-,17-15-,18-16-,23-21-,24-22-,29-27-,30-28-,34-33-,37-36-,46-43-,52-50-,58-56-. The van der Waals surface area contributed by atoms with E-state index in [1.807, 2.05) is 0 Å². The Hall–Kier alpha value is -4.97. The molecule has 6 heteroatoms. The first-order chi connectivity index (χ1) is 41.0. The number of ether oxygens (including phenoxy) is 3. The molecule has 0 fully saturated rings. The van der Waals surface area contributed by atoms with Crippen LogP contribution in [0, 0.1) is 0 Å². The maximum Gasteiger partial charge on any atom is 0.306 e. The molecule has 0 saturated heterocycles. The van der Waals surface area contributed by atoms with Gasteiger partial charge in [0.25, 0.3) is 0 Å². The Kier molecular flexibility index (Phi) is 65.4. The van der Waals surface area contributed by atoms with E-state index in [2.05, 4.69) is 179 Å². The van der Waals surface area contributed by atoms with Gasteiger partial charge in [-0.1, -0.05) is 301 Å². The van der Waals surface area contributed by atoms with E-state index in [1.54, 1.807) is 0 Å². The van der Waals surface area contributed by atoms with E-state index in [1.165, 1.54) is 89.9 Å². The van der Waals surface area contributed by atoms with Crippen molar-refractivity contribution >= 4 is 17.9 Å². The summed E-state index contributed by atoms with van der Waals surface area (Å²) in [6.07, 6.45) is 102. The summed E-state index contributed by atoms with van der Waals surface area (Å²) in [5, 5.41) is 0. The summed E-state index contributed by atoms with van der Waals surface area (Å²) in [6, 6.07) is 0. The first-order valence-corrected chi connectivity index (χ1v) is 34.0. The van der Waals surface area contributed by atoms with Crippen LogP contribution in [-0.2, 0) is 28.6 Å². The maximum atomic E-state index is 12.8. The third-order valence-electron chi connectivity index (χ3n) is 14.0. The quantitative estimate of drug-likeness (QED) is 0.0261. The van der Waals surface area contributed by atoms with Crippen molar-refractivity contribution in [3.63, 3.8) is 0 Å². The predicted octanol–water partition coefficient (Wildman–Crippen LogP) is 23.7. The minimum absolute atomic E-state index is 0.0950. The normalized spacial score (nSPS) is 13.1. The van der Waals surface area contributed by atoms with E-state index in [4.69, 9.17) is 14.2 Å². The molecule has 0 amide bonds. The number of hydrogen-bond donors (Lipinski definition) is 0. The van der Waals surface area contributed by atoms with Crippen LogP contribution in [0.25, 0.3) is 0 Å². The Morgan fingerprint density at radius 2 is 0.470 bits per heavy atom. The van der Waals surface area contributed by atoms with E-state index in [9.17, 15) is 14.4 Å². The average Bonchev–Trinajstić information content (AvgIpc) is 3.49. The number of rotatable bonds is 60. The molecule has 0 spiro atoms. The second-order valence-corrected chi connectivity index (χ2v) is 22.0. The summed E-state index contributed by atoms with van der Waals surface area (Å²) < 4.78 is 16.8. The van der Waals surface area contributed by atoms with E-state index < -0.39 is 6.10 Å². The predicted molar refractivity (Wildman–Crippen MR) is 362 cm³/mol. The molecule has 0 bridgehead atoms. The Bertz CT molecular complexity index is 1840. The van der Waals surface area contributed by atoms with Gasteiger partial charge < -0.3 is 14.2 Å². The molecule has 0 N–H and O–H groups in total. The third kappa shape index (κ3) is 67.7. The van der Waals surface area contributed by atoms with Gasteiger partial charge in [0.05, 0.1) is 0 Å². The van der Waals surface area contributed by atoms with Crippen molar-refractivity contribution in [2.24, 2.45) is 0 Å². The minimum atomic E-state index is -0.798. The van der Waals surface area contributed by atoms with Crippen molar-refractivity contribution in [1.82, 2.24) is 0 Å². The first-order valence-electron chi connectivity index (χ1n) is 34.0. The maximum absolute atomic E-state index is 12.8. The summed E-state index contributed by atoms with van der Waals surface area (Å²) in [7, 11) is 0. The molecule has 6 nitrogen and oxygen atoms in total. The molecule has 0 saturated carbocycles. The lowest BCUT2D eigenvalue weighted by molar-refractivity contribution is -0.167. The highest BCUT2D eigenvalue weighted by molar-refractivity contribution is 5.71. The Morgan fingerprint density at radius 3 is 0.747 bits per heavy atom. The zero-order valence-electron chi connectivity index (χ0n) is 53.7. The molecule has 0 aliphatic heterocycles. The van der Waals surface area contributed by atoms with Crippen LogP contribution in [0.5, 0.6) is 0 Å². The Labute approximate surface area is 511 Å². The Morgan fingerprint density at radius 1 is 0.253 bits per heavy atom. The summed E-state index contributed by atoms with van der Waals surface area (Å²) in [5.41, 5.74) is 0. The smallest absolute Gasteiger partial charge is 0.306 e. The number of carbonyl (C=O) groups is 3. The van der Waals surface area contributed by atoms with E-state index in [-0.39, 0.29) is 37.5 Å². The van der Waals surface area contributed by atoms with Gasteiger partial charge in [0.2, 0.25) is 0 Å². The van der Waals surface area contributed by atoms with Crippen LogP contribution < -0.4 is 0 Å². The van der Waals surface area contributed by atoms with Crippen LogP contribution in [0.15, 0.2) is 158 Å².